The van der Waals surface area contributed by atoms with Gasteiger partial charge in [0.2, 0.25) is 5.91 Å². The molecule has 1 atom stereocenters. The van der Waals surface area contributed by atoms with Crippen LogP contribution in [0.15, 0.2) is 65.4 Å². The molecule has 1 aliphatic heterocycles. The zero-order valence-electron chi connectivity index (χ0n) is 16.9. The zero-order valence-corrected chi connectivity index (χ0v) is 17.6. The smallest absolute Gasteiger partial charge is 0.246 e. The van der Waals surface area contributed by atoms with Crippen molar-refractivity contribution in [3.63, 3.8) is 0 Å². The summed E-state index contributed by atoms with van der Waals surface area (Å²) in [4.78, 5) is 14.2. The number of halogens is 1. The third-order valence-corrected chi connectivity index (χ3v) is 5.29. The monoisotopic (exact) mass is 395 g/mol. The number of aryl methyl sites for hydroxylation is 2. The quantitative estimate of drug-likeness (QED) is 0.685. The number of amides is 1. The van der Waals surface area contributed by atoms with Gasteiger partial charge in [-0.3, -0.25) is 9.48 Å². The first-order valence-electron chi connectivity index (χ1n) is 9.36. The van der Waals surface area contributed by atoms with Crippen molar-refractivity contribution in [1.82, 2.24) is 14.7 Å². The molecule has 1 amide bonds. The fraction of sp³-hybridized carbons (Fsp3) is 0.304. The highest BCUT2D eigenvalue weighted by atomic mass is 35.5. The molecule has 0 radical (unpaired) electrons. The van der Waals surface area contributed by atoms with Crippen molar-refractivity contribution >= 4 is 17.5 Å². The minimum atomic E-state index is -0.0509. The molecule has 1 aliphatic rings. The summed E-state index contributed by atoms with van der Waals surface area (Å²) in [6, 6.07) is 8.35. The van der Waals surface area contributed by atoms with Crippen molar-refractivity contribution in [1.29, 1.82) is 0 Å². The van der Waals surface area contributed by atoms with Crippen LogP contribution < -0.4 is 0 Å². The van der Waals surface area contributed by atoms with Crippen molar-refractivity contribution in [2.75, 3.05) is 13.1 Å². The second kappa shape index (κ2) is 8.19. The SMILES string of the molecule is C=CC(=O)N1CC(C)=C(/C=C(\C)Cl)[C@H](c2ccccc2-c2cn(C)nc2C)C1. The van der Waals surface area contributed by atoms with Gasteiger partial charge in [0, 0.05) is 42.8 Å². The van der Waals surface area contributed by atoms with Crippen LogP contribution in [0.1, 0.15) is 31.0 Å². The Labute approximate surface area is 171 Å². The lowest BCUT2D eigenvalue weighted by atomic mass is 9.81. The van der Waals surface area contributed by atoms with Gasteiger partial charge in [-0.05, 0) is 49.6 Å². The van der Waals surface area contributed by atoms with Gasteiger partial charge in [-0.2, -0.15) is 5.10 Å². The van der Waals surface area contributed by atoms with E-state index in [1.165, 1.54) is 17.2 Å². The number of hydrogen-bond acceptors (Lipinski definition) is 2. The third-order valence-electron chi connectivity index (χ3n) is 5.18. The first kappa shape index (κ1) is 20.2. The van der Waals surface area contributed by atoms with E-state index in [9.17, 15) is 4.79 Å². The van der Waals surface area contributed by atoms with E-state index in [1.54, 1.807) is 0 Å². The molecular weight excluding hydrogens is 370 g/mol. The first-order valence-corrected chi connectivity index (χ1v) is 9.74. The van der Waals surface area contributed by atoms with Gasteiger partial charge in [0.1, 0.15) is 0 Å². The lowest BCUT2D eigenvalue weighted by Gasteiger charge is -2.35. The number of benzene rings is 1. The summed E-state index contributed by atoms with van der Waals surface area (Å²) in [5.74, 6) is -0.0211. The molecule has 28 heavy (non-hydrogen) atoms. The molecule has 146 valence electrons. The number of allylic oxidation sites excluding steroid dienone is 2. The van der Waals surface area contributed by atoms with Crippen LogP contribution in [0.5, 0.6) is 0 Å². The van der Waals surface area contributed by atoms with Crippen molar-refractivity contribution < 1.29 is 4.79 Å². The van der Waals surface area contributed by atoms with E-state index in [-0.39, 0.29) is 11.8 Å². The molecule has 1 aromatic carbocycles. The van der Waals surface area contributed by atoms with Crippen molar-refractivity contribution in [3.05, 3.63) is 76.6 Å². The Morgan fingerprint density at radius 3 is 2.61 bits per heavy atom. The highest BCUT2D eigenvalue weighted by Crippen LogP contribution is 2.39. The molecule has 0 unspecified atom stereocenters. The Balaban J connectivity index is 2.18. The fourth-order valence-corrected chi connectivity index (χ4v) is 4.09. The highest BCUT2D eigenvalue weighted by molar-refractivity contribution is 6.29. The van der Waals surface area contributed by atoms with Crippen LogP contribution in [0.2, 0.25) is 0 Å². The average molecular weight is 396 g/mol. The Bertz CT molecular complexity index is 979. The molecule has 3 rings (SSSR count). The number of aromatic nitrogens is 2. The zero-order chi connectivity index (χ0) is 20.4. The maximum absolute atomic E-state index is 12.4. The molecule has 0 spiro atoms. The summed E-state index contributed by atoms with van der Waals surface area (Å²) in [6.07, 6.45) is 5.46. The van der Waals surface area contributed by atoms with Crippen molar-refractivity contribution in [2.24, 2.45) is 7.05 Å². The minimum absolute atomic E-state index is 0.0298. The predicted octanol–water partition coefficient (Wildman–Crippen LogP) is 4.97. The number of carbonyl (C=O) groups is 1. The molecule has 2 heterocycles. The summed E-state index contributed by atoms with van der Waals surface area (Å²) in [6.45, 7) is 10.8. The van der Waals surface area contributed by atoms with E-state index in [2.05, 4.69) is 30.7 Å². The van der Waals surface area contributed by atoms with E-state index in [1.807, 2.05) is 54.9 Å². The van der Waals surface area contributed by atoms with Crippen LogP contribution in [-0.4, -0.2) is 33.7 Å². The van der Waals surface area contributed by atoms with Gasteiger partial charge >= 0.3 is 0 Å². The van der Waals surface area contributed by atoms with E-state index < -0.39 is 0 Å². The third kappa shape index (κ3) is 3.97. The standard InChI is InChI=1S/C23H26ClN3O/c1-6-23(28)27-12-15(2)20(11-16(3)24)22(14-27)19-10-8-7-9-18(19)21-13-26(5)25-17(21)4/h6-11,13,22H,1,12,14H2,2-5H3/b16-11+/t22-/m0/s1. The molecule has 0 saturated carbocycles. The molecule has 0 fully saturated rings. The normalized spacial score (nSPS) is 17.8. The molecule has 0 aliphatic carbocycles. The van der Waals surface area contributed by atoms with Crippen LogP contribution in [0.4, 0.5) is 0 Å². The Hall–Kier alpha value is -2.59. The Kier molecular flexibility index (Phi) is 5.90. The summed E-state index contributed by atoms with van der Waals surface area (Å²) < 4.78 is 1.83. The van der Waals surface area contributed by atoms with Gasteiger partial charge in [-0.15, -0.1) is 0 Å². The van der Waals surface area contributed by atoms with E-state index in [0.717, 1.165) is 27.4 Å². The number of nitrogens with zero attached hydrogens (tertiary/aromatic N) is 3. The summed E-state index contributed by atoms with van der Waals surface area (Å²) in [5.41, 5.74) is 6.71. The van der Waals surface area contributed by atoms with Crippen LogP contribution in [0.25, 0.3) is 11.1 Å². The largest absolute Gasteiger partial charge is 0.334 e. The van der Waals surface area contributed by atoms with Crippen LogP contribution in [0, 0.1) is 6.92 Å². The summed E-state index contributed by atoms with van der Waals surface area (Å²) in [5, 5.41) is 5.24. The lowest BCUT2D eigenvalue weighted by molar-refractivity contribution is -0.126. The first-order chi connectivity index (χ1) is 13.3. The molecule has 0 N–H and O–H groups in total. The molecule has 0 bridgehead atoms. The molecule has 5 heteroatoms. The van der Waals surface area contributed by atoms with Crippen molar-refractivity contribution in [3.8, 4) is 11.1 Å². The minimum Gasteiger partial charge on any atom is -0.334 e. The number of rotatable bonds is 4. The van der Waals surface area contributed by atoms with Crippen molar-refractivity contribution in [2.45, 2.75) is 26.7 Å². The maximum atomic E-state index is 12.4. The van der Waals surface area contributed by atoms with Gasteiger partial charge in [0.05, 0.1) is 5.69 Å². The molecule has 0 saturated heterocycles. The maximum Gasteiger partial charge on any atom is 0.246 e. The van der Waals surface area contributed by atoms with Gasteiger partial charge in [0.15, 0.2) is 0 Å². The molecule has 4 nitrogen and oxygen atoms in total. The topological polar surface area (TPSA) is 38.1 Å². The highest BCUT2D eigenvalue weighted by Gasteiger charge is 2.30. The fourth-order valence-electron chi connectivity index (χ4n) is 3.97. The van der Waals surface area contributed by atoms with E-state index >= 15 is 0 Å². The lowest BCUT2D eigenvalue weighted by Crippen LogP contribution is -2.39. The Morgan fingerprint density at radius 2 is 2.00 bits per heavy atom. The molecule has 1 aromatic heterocycles. The van der Waals surface area contributed by atoms with E-state index in [0.29, 0.717) is 13.1 Å². The number of carbonyl (C=O) groups excluding carboxylic acids is 1. The number of hydrogen-bond donors (Lipinski definition) is 0. The van der Waals surface area contributed by atoms with Crippen LogP contribution in [0.3, 0.4) is 0 Å². The molecular formula is C23H26ClN3O. The summed E-state index contributed by atoms with van der Waals surface area (Å²) in [7, 11) is 1.93. The van der Waals surface area contributed by atoms with Gasteiger partial charge in [-0.1, -0.05) is 48.0 Å². The summed E-state index contributed by atoms with van der Waals surface area (Å²) >= 11 is 6.26. The average Bonchev–Trinajstić information content (AvgIpc) is 3.00. The van der Waals surface area contributed by atoms with Gasteiger partial charge < -0.3 is 4.90 Å². The molecule has 2 aromatic rings. The second-order valence-electron chi connectivity index (χ2n) is 7.33. The van der Waals surface area contributed by atoms with Crippen LogP contribution >= 0.6 is 11.6 Å². The Morgan fingerprint density at radius 1 is 1.29 bits per heavy atom. The van der Waals surface area contributed by atoms with Crippen LogP contribution in [-0.2, 0) is 11.8 Å². The van der Waals surface area contributed by atoms with E-state index in [4.69, 9.17) is 11.6 Å². The second-order valence-corrected chi connectivity index (χ2v) is 7.93. The predicted molar refractivity (Wildman–Crippen MR) is 115 cm³/mol. The van der Waals surface area contributed by atoms with Gasteiger partial charge in [-0.25, -0.2) is 0 Å². The van der Waals surface area contributed by atoms with Gasteiger partial charge in [0.25, 0.3) is 0 Å².